The first-order valence-corrected chi connectivity index (χ1v) is 10.0. The van der Waals surface area contributed by atoms with Crippen LogP contribution in [0.2, 0.25) is 0 Å². The molecular weight excluding hydrogens is 379 g/mol. The third kappa shape index (κ3) is 3.71. The number of aryl methyl sites for hydroxylation is 1. The first-order chi connectivity index (χ1) is 13.8. The van der Waals surface area contributed by atoms with E-state index >= 15 is 0 Å². The van der Waals surface area contributed by atoms with Crippen LogP contribution in [-0.2, 0) is 9.59 Å². The quantitative estimate of drug-likeness (QED) is 0.761. The van der Waals surface area contributed by atoms with Crippen molar-refractivity contribution in [3.63, 3.8) is 0 Å². The summed E-state index contributed by atoms with van der Waals surface area (Å²) in [4.78, 5) is 26.7. The van der Waals surface area contributed by atoms with Crippen LogP contribution in [0.5, 0.6) is 0 Å². The lowest BCUT2D eigenvalue weighted by Gasteiger charge is -2.52. The number of carbonyl (C=O) groups is 2. The van der Waals surface area contributed by atoms with Crippen LogP contribution in [0.25, 0.3) is 0 Å². The zero-order chi connectivity index (χ0) is 20.6. The van der Waals surface area contributed by atoms with E-state index in [-0.39, 0.29) is 42.9 Å². The van der Waals surface area contributed by atoms with Crippen molar-refractivity contribution >= 4 is 17.8 Å². The van der Waals surface area contributed by atoms with Crippen LogP contribution in [0.1, 0.15) is 50.8 Å². The van der Waals surface area contributed by atoms with Gasteiger partial charge in [0.05, 0.1) is 19.2 Å². The molecule has 2 amide bonds. The smallest absolute Gasteiger partial charge is 0.322 e. The number of carbonyl (C=O) groups excluding carboxylic acids is 2. The van der Waals surface area contributed by atoms with Gasteiger partial charge < -0.3 is 14.6 Å². The van der Waals surface area contributed by atoms with Crippen LogP contribution in [0.15, 0.2) is 4.42 Å². The maximum Gasteiger partial charge on any atom is 0.322 e. The predicted molar refractivity (Wildman–Crippen MR) is 99.2 cm³/mol. The number of anilines is 1. The highest BCUT2D eigenvalue weighted by Crippen LogP contribution is 2.52. The summed E-state index contributed by atoms with van der Waals surface area (Å²) in [5.74, 6) is 0.0696. The van der Waals surface area contributed by atoms with Gasteiger partial charge in [0.25, 0.3) is 0 Å². The molecule has 4 aliphatic rings. The van der Waals surface area contributed by atoms with E-state index in [2.05, 4.69) is 20.8 Å². The molecule has 4 fully saturated rings. The molecule has 1 aromatic heterocycles. The molecule has 2 atom stereocenters. The lowest BCUT2D eigenvalue weighted by molar-refractivity contribution is -0.135. The van der Waals surface area contributed by atoms with E-state index < -0.39 is 17.6 Å². The summed E-state index contributed by atoms with van der Waals surface area (Å²) in [7, 11) is 0. The molecule has 0 radical (unpaired) electrons. The van der Waals surface area contributed by atoms with Crippen LogP contribution in [0, 0.1) is 23.7 Å². The number of nitriles is 1. The van der Waals surface area contributed by atoms with Crippen molar-refractivity contribution in [2.45, 2.75) is 69.6 Å². The normalized spacial score (nSPS) is 33.5. The summed E-state index contributed by atoms with van der Waals surface area (Å²) in [5, 5.41) is 22.8. The van der Waals surface area contributed by atoms with Crippen molar-refractivity contribution in [2.24, 2.45) is 5.41 Å². The lowest BCUT2D eigenvalue weighted by atomic mass is 9.57. The number of rotatable bonds is 5. The summed E-state index contributed by atoms with van der Waals surface area (Å²) in [6.07, 6.45) is 3.44. The summed E-state index contributed by atoms with van der Waals surface area (Å²) in [6.45, 7) is 1.74. The van der Waals surface area contributed by atoms with Crippen molar-refractivity contribution in [3.05, 3.63) is 5.89 Å². The summed E-state index contributed by atoms with van der Waals surface area (Å²) in [6, 6.07) is 1.45. The van der Waals surface area contributed by atoms with E-state index in [1.54, 1.807) is 6.92 Å². The molecule has 2 N–H and O–H groups in total. The SMILES string of the molecule is Cc1nnc(NC(=O)C23CCC(NCC(=O)N4C[C@@H](F)C[C@H]4C#N)(CC2)CC3)o1. The topological polar surface area (TPSA) is 124 Å². The third-order valence-electron chi connectivity index (χ3n) is 6.81. The molecule has 5 rings (SSSR count). The van der Waals surface area contributed by atoms with E-state index in [4.69, 9.17) is 9.68 Å². The van der Waals surface area contributed by atoms with Gasteiger partial charge in [0.15, 0.2) is 0 Å². The Morgan fingerprint density at radius 1 is 1.28 bits per heavy atom. The Labute approximate surface area is 168 Å². The summed E-state index contributed by atoms with van der Waals surface area (Å²) in [5.41, 5.74) is -0.631. The minimum atomic E-state index is -1.13. The highest BCUT2D eigenvalue weighted by molar-refractivity contribution is 5.94. The molecule has 9 nitrogen and oxygen atoms in total. The standard InChI is InChI=1S/C19H25FN6O3/c1-12-24-25-17(29-12)23-16(28)18-2-5-19(6-3-18,7-4-18)22-10-15(27)26-11-13(20)8-14(26)9-21/h13-14,22H,2-8,10-11H2,1H3,(H,23,25,28)/t13-,14-,18?,19?/m0/s1. The number of aromatic nitrogens is 2. The highest BCUT2D eigenvalue weighted by atomic mass is 19.1. The van der Waals surface area contributed by atoms with Gasteiger partial charge in [-0.3, -0.25) is 14.9 Å². The summed E-state index contributed by atoms with van der Waals surface area (Å²) < 4.78 is 18.8. The first-order valence-electron chi connectivity index (χ1n) is 10.0. The number of hydrogen-bond acceptors (Lipinski definition) is 7. The molecule has 156 valence electrons. The molecule has 2 heterocycles. The average molecular weight is 404 g/mol. The number of amides is 2. The monoisotopic (exact) mass is 404 g/mol. The Morgan fingerprint density at radius 2 is 1.97 bits per heavy atom. The lowest BCUT2D eigenvalue weighted by Crippen LogP contribution is -2.59. The Bertz CT molecular complexity index is 825. The number of nitrogens with zero attached hydrogens (tertiary/aromatic N) is 4. The molecule has 0 aromatic carbocycles. The number of likely N-dealkylation sites (tertiary alicyclic amines) is 1. The zero-order valence-electron chi connectivity index (χ0n) is 16.4. The van der Waals surface area contributed by atoms with Gasteiger partial charge in [-0.1, -0.05) is 5.10 Å². The summed E-state index contributed by atoms with van der Waals surface area (Å²) >= 11 is 0. The van der Waals surface area contributed by atoms with Crippen molar-refractivity contribution in [1.29, 1.82) is 5.26 Å². The van der Waals surface area contributed by atoms with Gasteiger partial charge in [-0.2, -0.15) is 5.26 Å². The zero-order valence-corrected chi connectivity index (χ0v) is 16.4. The Balaban J connectivity index is 1.32. The molecule has 1 saturated heterocycles. The minimum Gasteiger partial charge on any atom is -0.408 e. The molecule has 10 heteroatoms. The van der Waals surface area contributed by atoms with Crippen molar-refractivity contribution in [3.8, 4) is 6.07 Å². The maximum absolute atomic E-state index is 13.6. The number of nitrogens with one attached hydrogen (secondary N) is 2. The van der Waals surface area contributed by atoms with Gasteiger partial charge in [0, 0.05) is 24.3 Å². The van der Waals surface area contributed by atoms with Crippen LogP contribution in [0.3, 0.4) is 0 Å². The van der Waals surface area contributed by atoms with Crippen LogP contribution in [-0.4, -0.2) is 57.8 Å². The minimum absolute atomic E-state index is 0.00975. The average Bonchev–Trinajstić information content (AvgIpc) is 3.32. The Kier molecular flexibility index (Phi) is 5.02. The second-order valence-corrected chi connectivity index (χ2v) is 8.52. The van der Waals surface area contributed by atoms with E-state index in [0.29, 0.717) is 25.2 Å². The molecule has 1 aromatic rings. The van der Waals surface area contributed by atoms with Gasteiger partial charge in [-0.25, -0.2) is 4.39 Å². The number of fused-ring (bicyclic) bond motifs is 3. The van der Waals surface area contributed by atoms with Crippen LogP contribution < -0.4 is 10.6 Å². The number of hydrogen-bond donors (Lipinski definition) is 2. The second kappa shape index (κ2) is 7.37. The second-order valence-electron chi connectivity index (χ2n) is 8.52. The molecule has 1 aliphatic heterocycles. The van der Waals surface area contributed by atoms with Gasteiger partial charge in [-0.15, -0.1) is 5.10 Å². The van der Waals surface area contributed by atoms with Crippen molar-refractivity contribution in [2.75, 3.05) is 18.4 Å². The van der Waals surface area contributed by atoms with Crippen LogP contribution in [0.4, 0.5) is 10.4 Å². The molecule has 29 heavy (non-hydrogen) atoms. The molecule has 0 unspecified atom stereocenters. The molecule has 0 spiro atoms. The predicted octanol–water partition coefficient (Wildman–Crippen LogP) is 1.46. The Morgan fingerprint density at radius 3 is 2.55 bits per heavy atom. The number of halogens is 1. The van der Waals surface area contributed by atoms with Crippen LogP contribution >= 0.6 is 0 Å². The van der Waals surface area contributed by atoms with Gasteiger partial charge in [0.1, 0.15) is 12.2 Å². The van der Waals surface area contributed by atoms with E-state index in [0.717, 1.165) is 19.3 Å². The number of alkyl halides is 1. The largest absolute Gasteiger partial charge is 0.408 e. The van der Waals surface area contributed by atoms with E-state index in [1.807, 2.05) is 6.07 Å². The highest BCUT2D eigenvalue weighted by Gasteiger charge is 2.52. The Hall–Kier alpha value is -2.54. The fourth-order valence-electron chi connectivity index (χ4n) is 4.92. The van der Waals surface area contributed by atoms with Crippen molar-refractivity contribution in [1.82, 2.24) is 20.4 Å². The van der Waals surface area contributed by atoms with Crippen molar-refractivity contribution < 1.29 is 18.4 Å². The molecule has 2 bridgehead atoms. The molecular formula is C19H25FN6O3. The molecule has 3 saturated carbocycles. The van der Waals surface area contributed by atoms with Gasteiger partial charge >= 0.3 is 6.01 Å². The van der Waals surface area contributed by atoms with E-state index in [1.165, 1.54) is 4.90 Å². The third-order valence-corrected chi connectivity index (χ3v) is 6.81. The first kappa shape index (κ1) is 19.8. The van der Waals surface area contributed by atoms with Gasteiger partial charge in [0.2, 0.25) is 17.7 Å². The fourth-order valence-corrected chi connectivity index (χ4v) is 4.92. The van der Waals surface area contributed by atoms with E-state index in [9.17, 15) is 14.0 Å². The fraction of sp³-hybridized carbons (Fsp3) is 0.737. The van der Waals surface area contributed by atoms with Gasteiger partial charge in [-0.05, 0) is 38.5 Å². The molecule has 3 aliphatic carbocycles. The maximum atomic E-state index is 13.6.